The minimum atomic E-state index is -0.678. The number of ether oxygens (including phenoxy) is 2. The number of hydrogen-bond acceptors (Lipinski definition) is 3. The average Bonchev–Trinajstić information content (AvgIpc) is 2.71. The molecule has 1 aromatic rings. The summed E-state index contributed by atoms with van der Waals surface area (Å²) in [6.07, 6.45) is 14.6. The van der Waals surface area contributed by atoms with E-state index in [9.17, 15) is 9.18 Å². The third-order valence-corrected chi connectivity index (χ3v) is 6.77. The quantitative estimate of drug-likeness (QED) is 0.279. The number of hydrogen-bond donors (Lipinski definition) is 0. The van der Waals surface area contributed by atoms with Crippen LogP contribution in [0.25, 0.3) is 0 Å². The molecule has 0 amide bonds. The molecule has 0 saturated heterocycles. The van der Waals surface area contributed by atoms with Gasteiger partial charge in [-0.1, -0.05) is 45.4 Å². The molecule has 3 nitrogen and oxygen atoms in total. The molecule has 2 saturated carbocycles. The van der Waals surface area contributed by atoms with Crippen LogP contribution in [0.1, 0.15) is 84.0 Å². The van der Waals surface area contributed by atoms with Crippen molar-refractivity contribution in [1.82, 2.24) is 0 Å². The standard InChI is InChI=1S/C24H35FO3/c1-2-3-4-5-18-6-8-19(9-7-18)20-10-14-22(15-11-20)27-24(26)28-23-16-12-21(25)13-17-23/h12-13,16-20,22H,2-11,14-15H2,1H3. The highest BCUT2D eigenvalue weighted by Gasteiger charge is 2.32. The van der Waals surface area contributed by atoms with Crippen LogP contribution < -0.4 is 4.74 Å². The molecule has 156 valence electrons. The van der Waals surface area contributed by atoms with Crippen molar-refractivity contribution in [3.63, 3.8) is 0 Å². The molecule has 1 aromatic carbocycles. The summed E-state index contributed by atoms with van der Waals surface area (Å²) in [6, 6.07) is 5.41. The maximum Gasteiger partial charge on any atom is 0.514 e. The number of rotatable bonds is 7. The maximum absolute atomic E-state index is 12.9. The highest BCUT2D eigenvalue weighted by molar-refractivity contribution is 5.63. The molecule has 2 aliphatic rings. The Morgan fingerprint density at radius 1 is 0.929 bits per heavy atom. The first-order chi connectivity index (χ1) is 13.6. The lowest BCUT2D eigenvalue weighted by molar-refractivity contribution is 0.0238. The van der Waals surface area contributed by atoms with Crippen LogP contribution in [0.3, 0.4) is 0 Å². The van der Waals surface area contributed by atoms with Crippen molar-refractivity contribution in [1.29, 1.82) is 0 Å². The first kappa shape index (κ1) is 21.1. The second-order valence-electron chi connectivity index (χ2n) is 8.74. The molecule has 0 aromatic heterocycles. The van der Waals surface area contributed by atoms with Crippen molar-refractivity contribution < 1.29 is 18.7 Å². The first-order valence-corrected chi connectivity index (χ1v) is 11.3. The van der Waals surface area contributed by atoms with Crippen LogP contribution >= 0.6 is 0 Å². The summed E-state index contributed by atoms with van der Waals surface area (Å²) >= 11 is 0. The van der Waals surface area contributed by atoms with Crippen molar-refractivity contribution in [2.75, 3.05) is 0 Å². The van der Waals surface area contributed by atoms with Gasteiger partial charge in [-0.2, -0.15) is 0 Å². The van der Waals surface area contributed by atoms with E-state index in [1.54, 1.807) is 0 Å². The van der Waals surface area contributed by atoms with Crippen molar-refractivity contribution in [3.8, 4) is 5.75 Å². The van der Waals surface area contributed by atoms with Gasteiger partial charge in [0.1, 0.15) is 17.7 Å². The van der Waals surface area contributed by atoms with E-state index < -0.39 is 6.16 Å². The Morgan fingerprint density at radius 3 is 2.14 bits per heavy atom. The van der Waals surface area contributed by atoms with Crippen molar-refractivity contribution >= 4 is 6.16 Å². The summed E-state index contributed by atoms with van der Waals surface area (Å²) in [4.78, 5) is 12.0. The first-order valence-electron chi connectivity index (χ1n) is 11.3. The summed E-state index contributed by atoms with van der Waals surface area (Å²) in [5, 5.41) is 0. The van der Waals surface area contributed by atoms with Crippen LogP contribution in [-0.4, -0.2) is 12.3 Å². The van der Waals surface area contributed by atoms with Gasteiger partial charge in [-0.15, -0.1) is 0 Å². The Labute approximate surface area is 169 Å². The molecule has 28 heavy (non-hydrogen) atoms. The minimum Gasteiger partial charge on any atom is -0.431 e. The molecule has 0 unspecified atom stereocenters. The monoisotopic (exact) mass is 390 g/mol. The lowest BCUT2D eigenvalue weighted by Crippen LogP contribution is -2.30. The molecule has 2 aliphatic carbocycles. The van der Waals surface area contributed by atoms with Crippen LogP contribution in [0, 0.1) is 23.6 Å². The van der Waals surface area contributed by atoms with Gasteiger partial charge in [-0.3, -0.25) is 0 Å². The van der Waals surface area contributed by atoms with Crippen LogP contribution in [0.2, 0.25) is 0 Å². The van der Waals surface area contributed by atoms with Gasteiger partial charge in [-0.25, -0.2) is 9.18 Å². The second-order valence-corrected chi connectivity index (χ2v) is 8.74. The highest BCUT2D eigenvalue weighted by atomic mass is 19.1. The van der Waals surface area contributed by atoms with E-state index in [4.69, 9.17) is 9.47 Å². The molecule has 3 rings (SSSR count). The Kier molecular flexibility index (Phi) is 8.17. The zero-order valence-corrected chi connectivity index (χ0v) is 17.2. The summed E-state index contributed by atoms with van der Waals surface area (Å²) < 4.78 is 23.5. The van der Waals surface area contributed by atoms with Crippen LogP contribution in [0.4, 0.5) is 9.18 Å². The summed E-state index contributed by atoms with van der Waals surface area (Å²) in [5.41, 5.74) is 0. The van der Waals surface area contributed by atoms with Crippen molar-refractivity contribution in [2.24, 2.45) is 17.8 Å². The minimum absolute atomic E-state index is 0.0467. The SMILES string of the molecule is CCCCCC1CCC(C2CCC(OC(=O)Oc3ccc(F)cc3)CC2)CC1. The fourth-order valence-electron chi connectivity index (χ4n) is 5.07. The average molecular weight is 391 g/mol. The Bertz CT molecular complexity index is 584. The highest BCUT2D eigenvalue weighted by Crippen LogP contribution is 2.41. The van der Waals surface area contributed by atoms with Gasteiger partial charge in [0, 0.05) is 0 Å². The fourth-order valence-corrected chi connectivity index (χ4v) is 5.07. The molecule has 4 heteroatoms. The van der Waals surface area contributed by atoms with Gasteiger partial charge in [-0.05, 0) is 80.5 Å². The number of carbonyl (C=O) groups excluding carboxylic acids is 1. The Hall–Kier alpha value is -1.58. The van der Waals surface area contributed by atoms with E-state index in [-0.39, 0.29) is 11.9 Å². The zero-order chi connectivity index (χ0) is 19.8. The van der Waals surface area contributed by atoms with E-state index in [1.807, 2.05) is 0 Å². The Morgan fingerprint density at radius 2 is 1.54 bits per heavy atom. The molecule has 0 aliphatic heterocycles. The van der Waals surface area contributed by atoms with Gasteiger partial charge < -0.3 is 9.47 Å². The van der Waals surface area contributed by atoms with Gasteiger partial charge in [0.2, 0.25) is 0 Å². The van der Waals surface area contributed by atoms with Crippen LogP contribution in [0.5, 0.6) is 5.75 Å². The van der Waals surface area contributed by atoms with Crippen LogP contribution in [0.15, 0.2) is 24.3 Å². The molecule has 0 bridgehead atoms. The van der Waals surface area contributed by atoms with Crippen molar-refractivity contribution in [2.45, 2.75) is 90.1 Å². The topological polar surface area (TPSA) is 35.5 Å². The maximum atomic E-state index is 12.9. The number of unbranched alkanes of at least 4 members (excludes halogenated alkanes) is 2. The van der Waals surface area contributed by atoms with E-state index in [0.29, 0.717) is 5.75 Å². The van der Waals surface area contributed by atoms with Crippen LogP contribution in [-0.2, 0) is 4.74 Å². The second kappa shape index (κ2) is 10.8. The van der Waals surface area contributed by atoms with Gasteiger partial charge in [0.05, 0.1) is 0 Å². The molecule has 0 radical (unpaired) electrons. The number of halogens is 1. The molecular formula is C24H35FO3. The molecule has 0 heterocycles. The third kappa shape index (κ3) is 6.49. The predicted molar refractivity (Wildman–Crippen MR) is 109 cm³/mol. The van der Waals surface area contributed by atoms with Gasteiger partial charge >= 0.3 is 6.16 Å². The molecular weight excluding hydrogens is 355 g/mol. The number of benzene rings is 1. The normalized spacial score (nSPS) is 27.9. The van der Waals surface area contributed by atoms with Gasteiger partial charge in [0.25, 0.3) is 0 Å². The Balaban J connectivity index is 1.33. The third-order valence-electron chi connectivity index (χ3n) is 6.77. The lowest BCUT2D eigenvalue weighted by atomic mass is 9.70. The fraction of sp³-hybridized carbons (Fsp3) is 0.708. The van der Waals surface area contributed by atoms with E-state index in [1.165, 1.54) is 75.6 Å². The number of carbonyl (C=O) groups is 1. The summed E-state index contributed by atoms with van der Waals surface area (Å²) in [7, 11) is 0. The molecule has 2 fully saturated rings. The predicted octanol–water partition coefficient (Wildman–Crippen LogP) is 7.29. The zero-order valence-electron chi connectivity index (χ0n) is 17.2. The van der Waals surface area contributed by atoms with Gasteiger partial charge in [0.15, 0.2) is 0 Å². The van der Waals surface area contributed by atoms with E-state index in [2.05, 4.69) is 6.92 Å². The lowest BCUT2D eigenvalue weighted by Gasteiger charge is -2.37. The molecule has 0 spiro atoms. The van der Waals surface area contributed by atoms with Crippen molar-refractivity contribution in [3.05, 3.63) is 30.1 Å². The van der Waals surface area contributed by atoms with E-state index >= 15 is 0 Å². The molecule has 0 N–H and O–H groups in total. The largest absolute Gasteiger partial charge is 0.514 e. The van der Waals surface area contributed by atoms with E-state index in [0.717, 1.165) is 43.4 Å². The smallest absolute Gasteiger partial charge is 0.431 e. The molecule has 0 atom stereocenters. The summed E-state index contributed by atoms with van der Waals surface area (Å²) in [5.74, 6) is 2.59. The summed E-state index contributed by atoms with van der Waals surface area (Å²) in [6.45, 7) is 2.28.